The first kappa shape index (κ1) is 46.6. The van der Waals surface area contributed by atoms with E-state index in [9.17, 15) is 37.0 Å². The standard InChI is InChI=1S/C19H22NO6PS.C18H20NO4P.C6H9NOS/c1-20-14-15(26-28(2,23)24)13-18(20)19(21)25-27(22,16-9-5-3-6-10-16)17-11-7-4-8-12-17;1-19-13-14(20)12-17(19)18(21)23-24(22,15-8-4-2-5-9-15)16-10-6-3-7-11-16;1-7-3-4-2-5(7)6(8)9-4/h3-12,15,18H,13-14H2,1-2H3;2-11,14,17,20H,12-13H2,1H3;4-5H,2-3H2,1H3. The monoisotopic (exact) mass is 911 g/mol. The van der Waals surface area contributed by atoms with Crippen LogP contribution in [0.15, 0.2) is 121 Å². The fourth-order valence-electron chi connectivity index (χ4n) is 7.73. The molecule has 4 heterocycles. The fraction of sp³-hybridized carbons (Fsp3) is 0.372. The molecule has 6 atom stereocenters. The maximum Gasteiger partial charge on any atom is 0.328 e. The van der Waals surface area contributed by atoms with Gasteiger partial charge in [0.15, 0.2) is 0 Å². The number of benzene rings is 4. The van der Waals surface area contributed by atoms with Crippen molar-refractivity contribution in [2.75, 3.05) is 47.0 Å². The van der Waals surface area contributed by atoms with Crippen LogP contribution < -0.4 is 21.2 Å². The molecule has 0 saturated carbocycles. The van der Waals surface area contributed by atoms with Crippen LogP contribution in [-0.2, 0) is 46.9 Å². The molecule has 4 fully saturated rings. The van der Waals surface area contributed by atoms with Gasteiger partial charge < -0.3 is 14.2 Å². The summed E-state index contributed by atoms with van der Waals surface area (Å²) in [5.74, 6) is -1.23. The van der Waals surface area contributed by atoms with Crippen LogP contribution in [-0.4, -0.2) is 128 Å². The summed E-state index contributed by atoms with van der Waals surface area (Å²) >= 11 is 1.54. The predicted molar refractivity (Wildman–Crippen MR) is 237 cm³/mol. The van der Waals surface area contributed by atoms with Crippen LogP contribution in [0.4, 0.5) is 0 Å². The van der Waals surface area contributed by atoms with E-state index in [1.165, 1.54) is 11.8 Å². The number of likely N-dealkylation sites (tertiary alicyclic amines) is 3. The molecule has 6 unspecified atom stereocenters. The van der Waals surface area contributed by atoms with Gasteiger partial charge in [0.25, 0.3) is 10.1 Å². The highest BCUT2D eigenvalue weighted by Crippen LogP contribution is 2.47. The molecule has 0 spiro atoms. The quantitative estimate of drug-likeness (QED) is 0.181. The zero-order valence-electron chi connectivity index (χ0n) is 34.3. The zero-order valence-corrected chi connectivity index (χ0v) is 37.8. The average molecular weight is 912 g/mol. The van der Waals surface area contributed by atoms with E-state index in [4.69, 9.17) is 13.2 Å². The second-order valence-corrected chi connectivity index (χ2v) is 23.0. The first-order valence-corrected chi connectivity index (χ1v) is 25.7. The van der Waals surface area contributed by atoms with E-state index in [0.29, 0.717) is 44.5 Å². The van der Waals surface area contributed by atoms with Crippen LogP contribution >= 0.6 is 26.5 Å². The van der Waals surface area contributed by atoms with Crippen molar-refractivity contribution in [2.24, 2.45) is 0 Å². The molecular formula is C43H51N3O11P2S2. The minimum Gasteiger partial charge on any atom is -0.404 e. The zero-order chi connectivity index (χ0) is 44.0. The Bertz CT molecular complexity index is 2260. The summed E-state index contributed by atoms with van der Waals surface area (Å²) in [7, 11) is -5.37. The molecule has 326 valence electrons. The van der Waals surface area contributed by atoms with Crippen molar-refractivity contribution in [1.82, 2.24) is 14.7 Å². The van der Waals surface area contributed by atoms with Gasteiger partial charge in [0.2, 0.25) is 5.12 Å². The Labute approximate surface area is 361 Å². The third-order valence-corrected chi connectivity index (χ3v) is 17.4. The highest BCUT2D eigenvalue weighted by atomic mass is 32.2. The number of aliphatic hydroxyl groups is 1. The van der Waals surface area contributed by atoms with E-state index >= 15 is 0 Å². The van der Waals surface area contributed by atoms with Gasteiger partial charge in [-0.3, -0.25) is 42.4 Å². The summed E-state index contributed by atoms with van der Waals surface area (Å²) < 4.78 is 66.4. The highest BCUT2D eigenvalue weighted by molar-refractivity contribution is 8.14. The molecular weight excluding hydrogens is 861 g/mol. The number of nitrogens with zero attached hydrogens (tertiary/aromatic N) is 3. The molecule has 61 heavy (non-hydrogen) atoms. The number of carbonyl (C=O) groups excluding carboxylic acids is 3. The van der Waals surface area contributed by atoms with Crippen LogP contribution in [0.25, 0.3) is 0 Å². The SMILES string of the molecule is CN1CC(O)CC1C(=O)OP(=O)(c1ccccc1)c1ccccc1.CN1CC(OS(C)(=O)=O)CC1C(=O)OP(=O)(c1ccccc1)c1ccccc1.CN1CC2CC1C(=O)S2. The molecule has 4 aromatic carbocycles. The van der Waals surface area contributed by atoms with Crippen LogP contribution in [0.1, 0.15) is 19.3 Å². The predicted octanol–water partition coefficient (Wildman–Crippen LogP) is 3.36. The summed E-state index contributed by atoms with van der Waals surface area (Å²) in [4.78, 5) is 42.0. The molecule has 8 rings (SSSR count). The molecule has 0 radical (unpaired) electrons. The molecule has 14 nitrogen and oxygen atoms in total. The maximum atomic E-state index is 13.8. The Morgan fingerprint density at radius 3 is 1.33 bits per heavy atom. The van der Waals surface area contributed by atoms with Gasteiger partial charge in [0.1, 0.15) is 12.1 Å². The molecule has 18 heteroatoms. The minimum atomic E-state index is -3.66. The van der Waals surface area contributed by atoms with Gasteiger partial charge in [0, 0.05) is 37.7 Å². The molecule has 4 saturated heterocycles. The number of thioether (sulfide) groups is 1. The Morgan fingerprint density at radius 1 is 0.623 bits per heavy atom. The number of fused-ring (bicyclic) bond motifs is 2. The second kappa shape index (κ2) is 20.0. The van der Waals surface area contributed by atoms with Gasteiger partial charge >= 0.3 is 26.7 Å². The van der Waals surface area contributed by atoms with E-state index in [2.05, 4.69) is 4.90 Å². The number of rotatable bonds is 10. The first-order chi connectivity index (χ1) is 29.0. The van der Waals surface area contributed by atoms with E-state index in [1.807, 2.05) is 19.2 Å². The normalized spacial score (nSPS) is 24.3. The largest absolute Gasteiger partial charge is 0.404 e. The van der Waals surface area contributed by atoms with Gasteiger partial charge in [-0.1, -0.05) is 84.6 Å². The number of carbonyl (C=O) groups is 3. The number of likely N-dealkylation sites (N-methyl/N-ethyl adjacent to an activating group) is 3. The van der Waals surface area contributed by atoms with E-state index in [0.717, 1.165) is 19.2 Å². The van der Waals surface area contributed by atoms with Crippen molar-refractivity contribution >= 4 is 74.9 Å². The lowest BCUT2D eigenvalue weighted by Gasteiger charge is -2.23. The van der Waals surface area contributed by atoms with Gasteiger partial charge in [-0.15, -0.1) is 0 Å². The van der Waals surface area contributed by atoms with Crippen molar-refractivity contribution < 1.29 is 50.3 Å². The molecule has 2 bridgehead atoms. The summed E-state index contributed by atoms with van der Waals surface area (Å²) in [5.41, 5.74) is 0. The van der Waals surface area contributed by atoms with E-state index in [-0.39, 0.29) is 19.0 Å². The third kappa shape index (κ3) is 11.6. The second-order valence-electron chi connectivity index (χ2n) is 15.5. The van der Waals surface area contributed by atoms with E-state index in [1.54, 1.807) is 133 Å². The number of β-amino-alcohol motifs (C(OH)–C–C–N with tert-alkyl or cyclic N) is 1. The van der Waals surface area contributed by atoms with Crippen molar-refractivity contribution in [2.45, 2.75) is 54.8 Å². The lowest BCUT2D eigenvalue weighted by molar-refractivity contribution is -0.139. The van der Waals surface area contributed by atoms with Gasteiger partial charge in [-0.05, 0) is 76.1 Å². The molecule has 0 aliphatic carbocycles. The Morgan fingerprint density at radius 2 is 1.02 bits per heavy atom. The summed E-state index contributed by atoms with van der Waals surface area (Å²) in [6, 6.07) is 33.6. The lowest BCUT2D eigenvalue weighted by atomic mass is 10.2. The van der Waals surface area contributed by atoms with Crippen LogP contribution in [0, 0.1) is 0 Å². The van der Waals surface area contributed by atoms with Gasteiger partial charge in [-0.25, -0.2) is 0 Å². The Kier molecular flexibility index (Phi) is 15.3. The molecule has 0 aromatic heterocycles. The average Bonchev–Trinajstić information content (AvgIpc) is 4.00. The van der Waals surface area contributed by atoms with Crippen molar-refractivity contribution in [3.05, 3.63) is 121 Å². The molecule has 0 amide bonds. The maximum absolute atomic E-state index is 13.8. The van der Waals surface area contributed by atoms with Crippen LogP contribution in [0.3, 0.4) is 0 Å². The lowest BCUT2D eigenvalue weighted by Crippen LogP contribution is -2.35. The number of hydrogen-bond donors (Lipinski definition) is 1. The Hall–Kier alpha value is -3.95. The third-order valence-electron chi connectivity index (χ3n) is 10.8. The first-order valence-electron chi connectivity index (χ1n) is 19.7. The summed E-state index contributed by atoms with van der Waals surface area (Å²) in [6.07, 6.45) is 1.29. The highest BCUT2D eigenvalue weighted by Gasteiger charge is 2.44. The van der Waals surface area contributed by atoms with Crippen LogP contribution in [0.5, 0.6) is 0 Å². The van der Waals surface area contributed by atoms with Crippen molar-refractivity contribution in [3.63, 3.8) is 0 Å². The smallest absolute Gasteiger partial charge is 0.328 e. The molecule has 4 aliphatic rings. The summed E-state index contributed by atoms with van der Waals surface area (Å²) in [6.45, 7) is 1.77. The molecule has 4 aromatic rings. The topological polar surface area (TPSA) is 177 Å². The fourth-order valence-corrected chi connectivity index (χ4v) is 13.7. The van der Waals surface area contributed by atoms with Gasteiger partial charge in [-0.2, -0.15) is 8.42 Å². The molecule has 1 N–H and O–H groups in total. The molecule has 4 aliphatic heterocycles. The number of aliphatic hydroxyl groups excluding tert-OH is 1. The minimum absolute atomic E-state index is 0.145. The van der Waals surface area contributed by atoms with Gasteiger partial charge in [0.05, 0.1) is 45.7 Å². The Balaban J connectivity index is 0.000000170. The van der Waals surface area contributed by atoms with E-state index < -0.39 is 61.1 Å². The van der Waals surface area contributed by atoms with Crippen molar-refractivity contribution in [1.29, 1.82) is 0 Å². The van der Waals surface area contributed by atoms with Crippen LogP contribution in [0.2, 0.25) is 0 Å². The van der Waals surface area contributed by atoms with Crippen molar-refractivity contribution in [3.8, 4) is 0 Å². The number of hydrogen-bond acceptors (Lipinski definition) is 15. The summed E-state index contributed by atoms with van der Waals surface area (Å²) in [5, 5.41) is 12.5.